The van der Waals surface area contributed by atoms with Gasteiger partial charge in [0, 0.05) is 6.54 Å². The minimum absolute atomic E-state index is 0.376. The monoisotopic (exact) mass is 257 g/mol. The van der Waals surface area contributed by atoms with Crippen LogP contribution in [0.15, 0.2) is 12.1 Å². The Bertz CT molecular complexity index is 377. The van der Waals surface area contributed by atoms with E-state index in [-0.39, 0.29) is 0 Å². The van der Waals surface area contributed by atoms with E-state index in [1.165, 1.54) is 25.7 Å². The van der Waals surface area contributed by atoms with Crippen molar-refractivity contribution in [2.45, 2.75) is 38.6 Å². The minimum atomic E-state index is -1.40. The van der Waals surface area contributed by atoms with E-state index in [0.717, 1.165) is 31.0 Å². The highest BCUT2D eigenvalue weighted by Gasteiger charge is 2.14. The Morgan fingerprint density at radius 3 is 2.28 bits per heavy atom. The van der Waals surface area contributed by atoms with Crippen LogP contribution in [0.5, 0.6) is 0 Å². The van der Waals surface area contributed by atoms with Gasteiger partial charge in [0.05, 0.1) is 0 Å². The Morgan fingerprint density at radius 1 is 1.06 bits per heavy atom. The molecule has 0 aromatic heterocycles. The van der Waals surface area contributed by atoms with Crippen molar-refractivity contribution in [1.82, 2.24) is 5.32 Å². The predicted octanol–water partition coefficient (Wildman–Crippen LogP) is 3.77. The van der Waals surface area contributed by atoms with Gasteiger partial charge in [0.2, 0.25) is 0 Å². The summed E-state index contributed by atoms with van der Waals surface area (Å²) < 4.78 is 38.6. The molecule has 0 aliphatic heterocycles. The molecule has 2 rings (SSSR count). The average Bonchev–Trinajstić information content (AvgIpc) is 2.84. The third-order valence-corrected chi connectivity index (χ3v) is 3.58. The fraction of sp³-hybridized carbons (Fsp3) is 0.571. The molecule has 1 N–H and O–H groups in total. The quantitative estimate of drug-likeness (QED) is 0.625. The van der Waals surface area contributed by atoms with Crippen LogP contribution >= 0.6 is 0 Å². The normalized spacial score (nSPS) is 16.4. The lowest BCUT2D eigenvalue weighted by Gasteiger charge is -2.10. The van der Waals surface area contributed by atoms with Crippen molar-refractivity contribution in [3.8, 4) is 0 Å². The minimum Gasteiger partial charge on any atom is -0.313 e. The molecule has 1 aliphatic carbocycles. The zero-order valence-electron chi connectivity index (χ0n) is 10.3. The lowest BCUT2D eigenvalue weighted by Crippen LogP contribution is -2.17. The lowest BCUT2D eigenvalue weighted by molar-refractivity contribution is 0.442. The van der Waals surface area contributed by atoms with Crippen LogP contribution in [0.25, 0.3) is 0 Å². The van der Waals surface area contributed by atoms with Gasteiger partial charge in [-0.25, -0.2) is 13.2 Å². The summed E-state index contributed by atoms with van der Waals surface area (Å²) in [6.07, 6.45) is 6.33. The van der Waals surface area contributed by atoms with Gasteiger partial charge < -0.3 is 5.32 Å². The summed E-state index contributed by atoms with van der Waals surface area (Å²) >= 11 is 0. The maximum atomic E-state index is 13.0. The summed E-state index contributed by atoms with van der Waals surface area (Å²) in [6.45, 7) is 1.21. The molecule has 0 unspecified atom stereocenters. The zero-order valence-corrected chi connectivity index (χ0v) is 10.3. The number of nitrogens with one attached hydrogen (secondary N) is 1. The van der Waals surface area contributed by atoms with Gasteiger partial charge in [-0.1, -0.05) is 25.7 Å². The molecule has 1 aromatic rings. The molecule has 100 valence electrons. The van der Waals surface area contributed by atoms with Crippen molar-refractivity contribution < 1.29 is 13.2 Å². The number of hydrogen-bond donors (Lipinski definition) is 1. The van der Waals surface area contributed by atoms with Crippen LogP contribution in [-0.4, -0.2) is 6.54 Å². The van der Waals surface area contributed by atoms with E-state index < -0.39 is 17.5 Å². The predicted molar refractivity (Wildman–Crippen MR) is 64.6 cm³/mol. The SMILES string of the molecule is Fc1cc(CNCCC2CCCC2)cc(F)c1F. The molecule has 1 fully saturated rings. The van der Waals surface area contributed by atoms with Crippen LogP contribution in [0.3, 0.4) is 0 Å². The average molecular weight is 257 g/mol. The first-order valence-electron chi connectivity index (χ1n) is 6.51. The molecular formula is C14H18F3N. The maximum absolute atomic E-state index is 13.0. The first-order valence-corrected chi connectivity index (χ1v) is 6.51. The third-order valence-electron chi connectivity index (χ3n) is 3.58. The molecule has 0 atom stereocenters. The molecule has 18 heavy (non-hydrogen) atoms. The summed E-state index contributed by atoms with van der Waals surface area (Å²) in [4.78, 5) is 0. The van der Waals surface area contributed by atoms with E-state index in [0.29, 0.717) is 12.1 Å². The summed E-state index contributed by atoms with van der Waals surface area (Å²) in [5, 5.41) is 3.15. The van der Waals surface area contributed by atoms with Crippen molar-refractivity contribution in [2.24, 2.45) is 5.92 Å². The summed E-state index contributed by atoms with van der Waals surface area (Å²) in [5.74, 6) is -2.85. The molecule has 0 amide bonds. The fourth-order valence-electron chi connectivity index (χ4n) is 2.55. The van der Waals surface area contributed by atoms with Gasteiger partial charge in [-0.2, -0.15) is 0 Å². The summed E-state index contributed by atoms with van der Waals surface area (Å²) in [7, 11) is 0. The lowest BCUT2D eigenvalue weighted by atomic mass is 10.0. The van der Waals surface area contributed by atoms with Crippen LogP contribution in [-0.2, 0) is 6.54 Å². The van der Waals surface area contributed by atoms with Crippen molar-refractivity contribution in [1.29, 1.82) is 0 Å². The molecule has 1 aromatic carbocycles. The zero-order chi connectivity index (χ0) is 13.0. The number of rotatable bonds is 5. The molecule has 1 aliphatic rings. The van der Waals surface area contributed by atoms with Crippen LogP contribution in [0.4, 0.5) is 13.2 Å². The van der Waals surface area contributed by atoms with Crippen molar-refractivity contribution >= 4 is 0 Å². The van der Waals surface area contributed by atoms with E-state index in [1.54, 1.807) is 0 Å². The fourth-order valence-corrected chi connectivity index (χ4v) is 2.55. The van der Waals surface area contributed by atoms with E-state index in [4.69, 9.17) is 0 Å². The Labute approximate surface area is 105 Å². The molecule has 0 spiro atoms. The second-order valence-corrected chi connectivity index (χ2v) is 4.99. The number of halogens is 3. The first kappa shape index (κ1) is 13.4. The molecular weight excluding hydrogens is 239 g/mol. The van der Waals surface area contributed by atoms with Gasteiger partial charge in [0.1, 0.15) is 0 Å². The highest BCUT2D eigenvalue weighted by molar-refractivity contribution is 5.19. The number of benzene rings is 1. The van der Waals surface area contributed by atoms with Gasteiger partial charge in [-0.05, 0) is 36.6 Å². The van der Waals surface area contributed by atoms with E-state index in [1.807, 2.05) is 0 Å². The molecule has 0 saturated heterocycles. The van der Waals surface area contributed by atoms with Gasteiger partial charge in [0.15, 0.2) is 17.5 Å². The third kappa shape index (κ3) is 3.48. The van der Waals surface area contributed by atoms with Crippen molar-refractivity contribution in [3.05, 3.63) is 35.1 Å². The van der Waals surface area contributed by atoms with Crippen molar-refractivity contribution in [3.63, 3.8) is 0 Å². The van der Waals surface area contributed by atoms with Crippen molar-refractivity contribution in [2.75, 3.05) is 6.54 Å². The molecule has 1 nitrogen and oxygen atoms in total. The highest BCUT2D eigenvalue weighted by Crippen LogP contribution is 2.26. The highest BCUT2D eigenvalue weighted by atomic mass is 19.2. The molecule has 0 heterocycles. The number of hydrogen-bond acceptors (Lipinski definition) is 1. The Balaban J connectivity index is 1.76. The van der Waals surface area contributed by atoms with Gasteiger partial charge in [-0.15, -0.1) is 0 Å². The summed E-state index contributed by atoms with van der Waals surface area (Å²) in [6, 6.07) is 2.09. The molecule has 4 heteroatoms. The molecule has 0 bridgehead atoms. The van der Waals surface area contributed by atoms with E-state index in [2.05, 4.69) is 5.32 Å². The smallest absolute Gasteiger partial charge is 0.194 e. The molecule has 1 saturated carbocycles. The largest absolute Gasteiger partial charge is 0.313 e. The van der Waals surface area contributed by atoms with Crippen LogP contribution in [0.1, 0.15) is 37.7 Å². The summed E-state index contributed by atoms with van der Waals surface area (Å²) in [5.41, 5.74) is 0.442. The van der Waals surface area contributed by atoms with Gasteiger partial charge in [-0.3, -0.25) is 0 Å². The standard InChI is InChI=1S/C14H18F3N/c15-12-7-11(8-13(16)14(12)17)9-18-6-5-10-3-1-2-4-10/h7-8,10,18H,1-6,9H2. The maximum Gasteiger partial charge on any atom is 0.194 e. The van der Waals surface area contributed by atoms with Gasteiger partial charge in [0.25, 0.3) is 0 Å². The topological polar surface area (TPSA) is 12.0 Å². The van der Waals surface area contributed by atoms with E-state index >= 15 is 0 Å². The second-order valence-electron chi connectivity index (χ2n) is 4.99. The van der Waals surface area contributed by atoms with Crippen LogP contribution in [0, 0.1) is 23.4 Å². The Morgan fingerprint density at radius 2 is 1.67 bits per heavy atom. The Kier molecular flexibility index (Phi) is 4.64. The second kappa shape index (κ2) is 6.23. The van der Waals surface area contributed by atoms with Crippen LogP contribution < -0.4 is 5.32 Å². The first-order chi connectivity index (χ1) is 8.66. The molecule has 0 radical (unpaired) electrons. The van der Waals surface area contributed by atoms with Crippen LogP contribution in [0.2, 0.25) is 0 Å². The van der Waals surface area contributed by atoms with E-state index in [9.17, 15) is 13.2 Å². The Hall–Kier alpha value is -1.03. The van der Waals surface area contributed by atoms with Gasteiger partial charge >= 0.3 is 0 Å².